The fraction of sp³-hybridized carbons (Fsp3) is 0.176. The van der Waals surface area contributed by atoms with E-state index in [1.165, 1.54) is 11.8 Å². The standard InChI is InChI=1S/C17H17N5O3S/c1-12-19-21(17(26)22(12)20-9-3-4-10-20)11-15(23)18-14-7-5-13(6-8-14)16(24)25-2/h3-10H,11H2,1-2H3,(H,18,23). The molecule has 8 nitrogen and oxygen atoms in total. The largest absolute Gasteiger partial charge is 0.465 e. The lowest BCUT2D eigenvalue weighted by molar-refractivity contribution is -0.116. The minimum absolute atomic E-state index is 0.0211. The SMILES string of the molecule is COC(=O)c1ccc(NC(=O)Cn2nc(C)n(-n3cccc3)c2=S)cc1. The van der Waals surface area contributed by atoms with Crippen LogP contribution in [-0.4, -0.2) is 38.1 Å². The van der Waals surface area contributed by atoms with Gasteiger partial charge in [-0.2, -0.15) is 5.10 Å². The molecule has 0 aliphatic carbocycles. The van der Waals surface area contributed by atoms with Crippen LogP contribution < -0.4 is 5.32 Å². The summed E-state index contributed by atoms with van der Waals surface area (Å²) in [6, 6.07) is 10.2. The molecule has 0 radical (unpaired) electrons. The highest BCUT2D eigenvalue weighted by molar-refractivity contribution is 7.71. The Labute approximate surface area is 154 Å². The summed E-state index contributed by atoms with van der Waals surface area (Å²) in [5.41, 5.74) is 0.976. The van der Waals surface area contributed by atoms with Gasteiger partial charge in [0, 0.05) is 18.1 Å². The van der Waals surface area contributed by atoms with Crippen molar-refractivity contribution < 1.29 is 14.3 Å². The molecule has 1 N–H and O–H groups in total. The Morgan fingerprint density at radius 2 is 1.85 bits per heavy atom. The second kappa shape index (κ2) is 7.36. The first kappa shape index (κ1) is 17.6. The predicted molar refractivity (Wildman–Crippen MR) is 97.4 cm³/mol. The van der Waals surface area contributed by atoms with Crippen LogP contribution in [0, 0.1) is 11.7 Å². The number of esters is 1. The number of carbonyl (C=O) groups is 2. The van der Waals surface area contributed by atoms with Crippen molar-refractivity contribution in [1.29, 1.82) is 0 Å². The number of ether oxygens (including phenoxy) is 1. The van der Waals surface area contributed by atoms with Crippen molar-refractivity contribution in [1.82, 2.24) is 19.1 Å². The zero-order chi connectivity index (χ0) is 18.7. The molecule has 0 saturated carbocycles. The molecule has 0 spiro atoms. The number of hydrogen-bond acceptors (Lipinski definition) is 5. The third-order valence-corrected chi connectivity index (χ3v) is 4.06. The maximum atomic E-state index is 12.3. The Bertz CT molecular complexity index is 987. The van der Waals surface area contributed by atoms with Gasteiger partial charge in [-0.1, -0.05) is 0 Å². The number of nitrogens with one attached hydrogen (secondary N) is 1. The van der Waals surface area contributed by atoms with Gasteiger partial charge in [-0.15, -0.1) is 0 Å². The molecule has 9 heteroatoms. The molecular weight excluding hydrogens is 354 g/mol. The molecule has 2 heterocycles. The number of hydrogen-bond donors (Lipinski definition) is 1. The summed E-state index contributed by atoms with van der Waals surface area (Å²) in [6.07, 6.45) is 3.69. The van der Waals surface area contributed by atoms with E-state index in [1.807, 2.05) is 31.5 Å². The summed E-state index contributed by atoms with van der Waals surface area (Å²) in [5, 5.41) is 7.08. The fourth-order valence-corrected chi connectivity index (χ4v) is 2.81. The van der Waals surface area contributed by atoms with Crippen molar-refractivity contribution in [3.8, 4) is 0 Å². The lowest BCUT2D eigenvalue weighted by Gasteiger charge is -2.06. The van der Waals surface area contributed by atoms with Gasteiger partial charge in [-0.25, -0.2) is 14.2 Å². The Balaban J connectivity index is 1.72. The molecule has 134 valence electrons. The van der Waals surface area contributed by atoms with E-state index in [0.717, 1.165) is 0 Å². The van der Waals surface area contributed by atoms with Gasteiger partial charge in [0.1, 0.15) is 12.4 Å². The van der Waals surface area contributed by atoms with Crippen LogP contribution in [0.1, 0.15) is 16.2 Å². The van der Waals surface area contributed by atoms with Crippen LogP contribution >= 0.6 is 12.2 Å². The van der Waals surface area contributed by atoms with Crippen molar-refractivity contribution in [2.24, 2.45) is 0 Å². The molecule has 0 saturated heterocycles. The van der Waals surface area contributed by atoms with Crippen LogP contribution in [0.25, 0.3) is 0 Å². The summed E-state index contributed by atoms with van der Waals surface area (Å²) in [4.78, 5) is 23.7. The van der Waals surface area contributed by atoms with Gasteiger partial charge < -0.3 is 10.1 Å². The Morgan fingerprint density at radius 3 is 2.46 bits per heavy atom. The maximum Gasteiger partial charge on any atom is 0.337 e. The third kappa shape index (κ3) is 3.57. The monoisotopic (exact) mass is 371 g/mol. The van der Waals surface area contributed by atoms with Gasteiger partial charge in [0.15, 0.2) is 0 Å². The second-order valence-corrected chi connectivity index (χ2v) is 5.84. The molecule has 0 aliphatic rings. The van der Waals surface area contributed by atoms with Crippen LogP contribution in [0.2, 0.25) is 0 Å². The summed E-state index contributed by atoms with van der Waals surface area (Å²) >= 11 is 5.41. The number of amides is 1. The molecule has 0 fully saturated rings. The minimum atomic E-state index is -0.430. The van der Waals surface area contributed by atoms with Crippen LogP contribution in [0.3, 0.4) is 0 Å². The lowest BCUT2D eigenvalue weighted by atomic mass is 10.2. The van der Waals surface area contributed by atoms with Gasteiger partial charge in [-0.05, 0) is 55.5 Å². The number of benzene rings is 1. The van der Waals surface area contributed by atoms with E-state index in [0.29, 0.717) is 21.8 Å². The fourth-order valence-electron chi connectivity index (χ4n) is 2.48. The number of methoxy groups -OCH3 is 1. The zero-order valence-electron chi connectivity index (χ0n) is 14.2. The summed E-state index contributed by atoms with van der Waals surface area (Å²) in [5.74, 6) is -0.0364. The molecule has 1 aromatic carbocycles. The average molecular weight is 371 g/mol. The van der Waals surface area contributed by atoms with E-state index in [4.69, 9.17) is 12.2 Å². The number of aromatic nitrogens is 4. The van der Waals surface area contributed by atoms with E-state index in [-0.39, 0.29) is 12.5 Å². The zero-order valence-corrected chi connectivity index (χ0v) is 15.1. The van der Waals surface area contributed by atoms with Gasteiger partial charge in [0.25, 0.3) is 0 Å². The molecule has 2 aromatic heterocycles. The summed E-state index contributed by atoms with van der Waals surface area (Å²) < 4.78 is 10.0. The molecule has 3 rings (SSSR count). The van der Waals surface area contributed by atoms with Gasteiger partial charge in [0.05, 0.1) is 12.7 Å². The minimum Gasteiger partial charge on any atom is -0.465 e. The van der Waals surface area contributed by atoms with E-state index in [1.54, 1.807) is 33.6 Å². The molecule has 0 aliphatic heterocycles. The van der Waals surface area contributed by atoms with Gasteiger partial charge >= 0.3 is 5.97 Å². The van der Waals surface area contributed by atoms with E-state index < -0.39 is 5.97 Å². The van der Waals surface area contributed by atoms with Gasteiger partial charge in [0.2, 0.25) is 10.7 Å². The number of nitrogens with zero attached hydrogens (tertiary/aromatic N) is 4. The smallest absolute Gasteiger partial charge is 0.337 e. The first-order valence-electron chi connectivity index (χ1n) is 7.78. The van der Waals surface area contributed by atoms with E-state index >= 15 is 0 Å². The maximum absolute atomic E-state index is 12.3. The van der Waals surface area contributed by atoms with Crippen LogP contribution in [0.5, 0.6) is 0 Å². The van der Waals surface area contributed by atoms with Crippen LogP contribution in [-0.2, 0) is 16.1 Å². The summed E-state index contributed by atoms with van der Waals surface area (Å²) in [6.45, 7) is 1.79. The third-order valence-electron chi connectivity index (χ3n) is 3.68. The normalized spacial score (nSPS) is 10.5. The van der Waals surface area contributed by atoms with Crippen LogP contribution in [0.4, 0.5) is 5.69 Å². The van der Waals surface area contributed by atoms with Crippen molar-refractivity contribution in [2.45, 2.75) is 13.5 Å². The molecular formula is C17H17N5O3S. The van der Waals surface area contributed by atoms with E-state index in [2.05, 4.69) is 15.2 Å². The number of aryl methyl sites for hydroxylation is 1. The highest BCUT2D eigenvalue weighted by Crippen LogP contribution is 2.11. The first-order chi connectivity index (χ1) is 12.5. The quantitative estimate of drug-likeness (QED) is 0.549. The number of carbonyl (C=O) groups excluding carboxylic acids is 2. The number of rotatable bonds is 5. The van der Waals surface area contributed by atoms with Gasteiger partial charge in [-0.3, -0.25) is 9.47 Å². The Morgan fingerprint density at radius 1 is 1.19 bits per heavy atom. The molecule has 26 heavy (non-hydrogen) atoms. The highest BCUT2D eigenvalue weighted by atomic mass is 32.1. The van der Waals surface area contributed by atoms with Crippen molar-refractivity contribution in [3.05, 3.63) is 65.0 Å². The second-order valence-electron chi connectivity index (χ2n) is 5.48. The molecule has 0 atom stereocenters. The first-order valence-corrected chi connectivity index (χ1v) is 8.18. The Kier molecular flexibility index (Phi) is 4.99. The van der Waals surface area contributed by atoms with E-state index in [9.17, 15) is 9.59 Å². The molecule has 1 amide bonds. The van der Waals surface area contributed by atoms with Crippen molar-refractivity contribution >= 4 is 29.8 Å². The Hall–Kier alpha value is -3.20. The molecule has 0 bridgehead atoms. The highest BCUT2D eigenvalue weighted by Gasteiger charge is 2.12. The lowest BCUT2D eigenvalue weighted by Crippen LogP contribution is -2.20. The molecule has 3 aromatic rings. The van der Waals surface area contributed by atoms with Crippen molar-refractivity contribution in [3.63, 3.8) is 0 Å². The summed E-state index contributed by atoms with van der Waals surface area (Å²) in [7, 11) is 1.32. The van der Waals surface area contributed by atoms with Crippen molar-refractivity contribution in [2.75, 3.05) is 12.4 Å². The number of anilines is 1. The topological polar surface area (TPSA) is 83.1 Å². The van der Waals surface area contributed by atoms with Crippen LogP contribution in [0.15, 0.2) is 48.8 Å². The molecule has 0 unspecified atom stereocenters. The average Bonchev–Trinajstić information content (AvgIpc) is 3.23. The predicted octanol–water partition coefficient (Wildman–Crippen LogP) is 2.26.